The lowest BCUT2D eigenvalue weighted by atomic mass is 10.3. The maximum Gasteiger partial charge on any atom is 0.331 e. The fraction of sp³-hybridized carbons (Fsp3) is 0.615. The van der Waals surface area contributed by atoms with Crippen LogP contribution in [0.2, 0.25) is 0 Å². The molecule has 1 amide bonds. The van der Waals surface area contributed by atoms with E-state index >= 15 is 0 Å². The lowest BCUT2D eigenvalue weighted by molar-refractivity contribution is -0.141. The van der Waals surface area contributed by atoms with Crippen LogP contribution in [0.25, 0.3) is 0 Å². The number of esters is 1. The van der Waals surface area contributed by atoms with Crippen molar-refractivity contribution in [2.24, 2.45) is 0 Å². The zero-order valence-corrected chi connectivity index (χ0v) is 12.2. The summed E-state index contributed by atoms with van der Waals surface area (Å²) in [5.41, 5.74) is 0. The first-order valence-corrected chi connectivity index (χ1v) is 6.34. The Hall–Kier alpha value is -1.93. The van der Waals surface area contributed by atoms with Crippen molar-refractivity contribution < 1.29 is 33.7 Å². The van der Waals surface area contributed by atoms with Gasteiger partial charge >= 0.3 is 11.9 Å². The van der Waals surface area contributed by atoms with Gasteiger partial charge in [0.25, 0.3) is 0 Å². The fourth-order valence-corrected chi connectivity index (χ4v) is 1.35. The molecule has 0 aromatic heterocycles. The molecule has 21 heavy (non-hydrogen) atoms. The summed E-state index contributed by atoms with van der Waals surface area (Å²) in [7, 11) is 3.07. The Labute approximate surface area is 123 Å². The van der Waals surface area contributed by atoms with E-state index in [1.54, 1.807) is 4.90 Å². The van der Waals surface area contributed by atoms with Crippen LogP contribution < -0.4 is 0 Å². The molecule has 0 aromatic rings. The monoisotopic (exact) mass is 303 g/mol. The van der Waals surface area contributed by atoms with Crippen LogP contribution in [0.1, 0.15) is 6.42 Å². The lowest BCUT2D eigenvalue weighted by Crippen LogP contribution is -2.37. The highest BCUT2D eigenvalue weighted by atomic mass is 16.5. The van der Waals surface area contributed by atoms with Crippen LogP contribution in [-0.2, 0) is 28.6 Å². The first-order chi connectivity index (χ1) is 10.0. The Morgan fingerprint density at radius 1 is 1.00 bits per heavy atom. The minimum atomic E-state index is -1.24. The molecule has 0 radical (unpaired) electrons. The number of aliphatic carboxylic acids is 1. The third-order valence-corrected chi connectivity index (χ3v) is 2.41. The Kier molecular flexibility index (Phi) is 10.8. The zero-order chi connectivity index (χ0) is 16.1. The Balaban J connectivity index is 4.11. The van der Waals surface area contributed by atoms with Gasteiger partial charge in [0.2, 0.25) is 5.91 Å². The van der Waals surface area contributed by atoms with Crippen LogP contribution in [0.4, 0.5) is 0 Å². The highest BCUT2D eigenvalue weighted by Crippen LogP contribution is 1.97. The molecule has 120 valence electrons. The van der Waals surface area contributed by atoms with Crippen molar-refractivity contribution in [2.75, 3.05) is 47.1 Å². The Morgan fingerprint density at radius 2 is 1.57 bits per heavy atom. The van der Waals surface area contributed by atoms with E-state index in [4.69, 9.17) is 19.3 Å². The highest BCUT2D eigenvalue weighted by Gasteiger charge is 2.13. The first kappa shape index (κ1) is 19.1. The fourth-order valence-electron chi connectivity index (χ4n) is 1.35. The largest absolute Gasteiger partial charge is 0.478 e. The maximum absolute atomic E-state index is 11.9. The molecule has 0 spiro atoms. The van der Waals surface area contributed by atoms with Crippen LogP contribution in [-0.4, -0.2) is 75.0 Å². The second-order valence-corrected chi connectivity index (χ2v) is 3.96. The van der Waals surface area contributed by atoms with Crippen LogP contribution in [0.5, 0.6) is 0 Å². The number of carbonyl (C=O) groups is 3. The van der Waals surface area contributed by atoms with Crippen molar-refractivity contribution in [3.63, 3.8) is 0 Å². The Morgan fingerprint density at radius 3 is 2.05 bits per heavy atom. The lowest BCUT2D eigenvalue weighted by Gasteiger charge is -2.21. The minimum absolute atomic E-state index is 0.0140. The number of ether oxygens (including phenoxy) is 3. The molecule has 0 fully saturated rings. The van der Waals surface area contributed by atoms with Crippen molar-refractivity contribution in [1.29, 1.82) is 0 Å². The predicted octanol–water partition coefficient (Wildman–Crippen LogP) is -0.318. The molecule has 0 aliphatic rings. The normalized spacial score (nSPS) is 10.6. The van der Waals surface area contributed by atoms with E-state index in [1.165, 1.54) is 14.2 Å². The molecule has 0 aliphatic heterocycles. The van der Waals surface area contributed by atoms with Gasteiger partial charge in [0, 0.05) is 39.5 Å². The second kappa shape index (κ2) is 11.9. The third kappa shape index (κ3) is 10.5. The Bertz CT molecular complexity index is 360. The summed E-state index contributed by atoms with van der Waals surface area (Å²) in [5.74, 6) is -2.24. The average molecular weight is 303 g/mol. The van der Waals surface area contributed by atoms with Crippen LogP contribution in [0.15, 0.2) is 12.2 Å². The van der Waals surface area contributed by atoms with Crippen LogP contribution >= 0.6 is 0 Å². The number of carboxylic acids is 1. The predicted molar refractivity (Wildman–Crippen MR) is 72.7 cm³/mol. The van der Waals surface area contributed by atoms with Gasteiger partial charge in [-0.25, -0.2) is 9.59 Å². The molecule has 8 heteroatoms. The quantitative estimate of drug-likeness (QED) is 0.412. The van der Waals surface area contributed by atoms with Gasteiger partial charge in [-0.2, -0.15) is 0 Å². The summed E-state index contributed by atoms with van der Waals surface area (Å²) in [6.45, 7) is 1.53. The molecular formula is C13H21NO7. The van der Waals surface area contributed by atoms with E-state index in [0.717, 1.165) is 6.08 Å². The molecule has 1 N–H and O–H groups in total. The zero-order valence-electron chi connectivity index (χ0n) is 12.2. The summed E-state index contributed by atoms with van der Waals surface area (Å²) < 4.78 is 14.6. The van der Waals surface area contributed by atoms with Crippen molar-refractivity contribution in [1.82, 2.24) is 4.90 Å². The van der Waals surface area contributed by atoms with Crippen LogP contribution in [0, 0.1) is 0 Å². The van der Waals surface area contributed by atoms with Crippen molar-refractivity contribution in [2.45, 2.75) is 6.42 Å². The number of carbonyl (C=O) groups excluding carboxylic acids is 2. The molecular weight excluding hydrogens is 282 g/mol. The van der Waals surface area contributed by atoms with E-state index in [2.05, 4.69) is 0 Å². The van der Waals surface area contributed by atoms with E-state index < -0.39 is 11.9 Å². The number of rotatable bonds is 11. The summed E-state index contributed by atoms with van der Waals surface area (Å²) in [4.78, 5) is 34.8. The molecule has 0 bridgehead atoms. The number of hydrogen-bond donors (Lipinski definition) is 1. The molecule has 0 aromatic carbocycles. The van der Waals surface area contributed by atoms with Crippen LogP contribution in [0.3, 0.4) is 0 Å². The van der Waals surface area contributed by atoms with Crippen molar-refractivity contribution in [3.05, 3.63) is 12.2 Å². The van der Waals surface area contributed by atoms with Gasteiger partial charge in [-0.3, -0.25) is 4.79 Å². The van der Waals surface area contributed by atoms with Gasteiger partial charge in [-0.1, -0.05) is 0 Å². The van der Waals surface area contributed by atoms with Gasteiger partial charge in [-0.15, -0.1) is 0 Å². The smallest absolute Gasteiger partial charge is 0.331 e. The molecule has 8 nitrogen and oxygen atoms in total. The van der Waals surface area contributed by atoms with Gasteiger partial charge in [0.05, 0.1) is 19.6 Å². The van der Waals surface area contributed by atoms with Gasteiger partial charge in [0.1, 0.15) is 6.61 Å². The third-order valence-electron chi connectivity index (χ3n) is 2.41. The van der Waals surface area contributed by atoms with E-state index in [9.17, 15) is 14.4 Å². The summed E-state index contributed by atoms with van der Waals surface area (Å²) in [6.07, 6.45) is 1.48. The molecule has 0 saturated carbocycles. The average Bonchev–Trinajstić information content (AvgIpc) is 2.45. The molecule has 0 unspecified atom stereocenters. The van der Waals surface area contributed by atoms with Gasteiger partial charge < -0.3 is 24.2 Å². The topological polar surface area (TPSA) is 102 Å². The van der Waals surface area contributed by atoms with Crippen molar-refractivity contribution >= 4 is 17.8 Å². The van der Waals surface area contributed by atoms with Gasteiger partial charge in [-0.05, 0) is 0 Å². The molecule has 0 rings (SSSR count). The summed E-state index contributed by atoms with van der Waals surface area (Å²) >= 11 is 0. The summed E-state index contributed by atoms with van der Waals surface area (Å²) in [5, 5.41) is 8.33. The van der Waals surface area contributed by atoms with E-state index in [-0.39, 0.29) is 18.9 Å². The van der Waals surface area contributed by atoms with Crippen molar-refractivity contribution in [3.8, 4) is 0 Å². The number of hydrogen-bond acceptors (Lipinski definition) is 6. The molecule has 0 atom stereocenters. The van der Waals surface area contributed by atoms with E-state index in [0.29, 0.717) is 32.4 Å². The first-order valence-electron chi connectivity index (χ1n) is 6.34. The SMILES string of the molecule is COCCN(CCOC)C(=O)CCOC(=O)/C=C/C(=O)O. The second-order valence-electron chi connectivity index (χ2n) is 3.96. The summed E-state index contributed by atoms with van der Waals surface area (Å²) in [6, 6.07) is 0. The standard InChI is InChI=1S/C13H21NO7/c1-19-9-6-14(7-10-20-2)11(15)5-8-21-13(18)4-3-12(16)17/h3-4H,5-10H2,1-2H3,(H,16,17)/b4-3+. The maximum atomic E-state index is 11.9. The molecule has 0 aliphatic carbocycles. The number of nitrogens with zero attached hydrogens (tertiary/aromatic N) is 1. The molecule has 0 saturated heterocycles. The number of amides is 1. The molecule has 0 heterocycles. The number of methoxy groups -OCH3 is 2. The van der Waals surface area contributed by atoms with E-state index in [1.807, 2.05) is 0 Å². The highest BCUT2D eigenvalue weighted by molar-refractivity contribution is 5.90. The minimum Gasteiger partial charge on any atom is -0.478 e. The van der Waals surface area contributed by atoms with Gasteiger partial charge in [0.15, 0.2) is 0 Å². The number of carboxylic acid groups (broad SMARTS) is 1.